The highest BCUT2D eigenvalue weighted by Gasteiger charge is 1.86. The molecule has 0 atom stereocenters. The number of hydrogen-bond donors (Lipinski definition) is 1. The van der Waals surface area contributed by atoms with Gasteiger partial charge in [-0.1, -0.05) is 13.8 Å². The first-order valence-corrected chi connectivity index (χ1v) is 4.57. The van der Waals surface area contributed by atoms with Gasteiger partial charge in [0.05, 0.1) is 0 Å². The maximum atomic E-state index is 12.2. The second-order valence-electron chi connectivity index (χ2n) is 1.99. The molecule has 0 amide bonds. The topological polar surface area (TPSA) is 29.1 Å². The summed E-state index contributed by atoms with van der Waals surface area (Å²) in [5, 5.41) is 2.89. The summed E-state index contributed by atoms with van der Waals surface area (Å²) in [5.74, 6) is -0.200. The highest BCUT2D eigenvalue weighted by atomic mass is 19.1. The van der Waals surface area contributed by atoms with Crippen LogP contribution in [-0.4, -0.2) is 13.3 Å². The fourth-order valence-corrected chi connectivity index (χ4v) is 0.617. The molecule has 14 heavy (non-hydrogen) atoms. The van der Waals surface area contributed by atoms with Gasteiger partial charge >= 0.3 is 0 Å². The zero-order valence-corrected chi connectivity index (χ0v) is 9.17. The Labute approximate surface area is 85.1 Å². The van der Waals surface area contributed by atoms with Crippen molar-refractivity contribution >= 4 is 12.0 Å². The number of carbonyl (C=O) groups excluding carboxylic acids is 1. The molecule has 0 bridgehead atoms. The van der Waals surface area contributed by atoms with E-state index in [-0.39, 0.29) is 5.82 Å². The number of aldehydes is 1. The second-order valence-corrected chi connectivity index (χ2v) is 1.99. The fraction of sp³-hybridized carbons (Fsp3) is 0.364. The highest BCUT2D eigenvalue weighted by Crippen LogP contribution is 2.05. The van der Waals surface area contributed by atoms with Crippen molar-refractivity contribution in [3.8, 4) is 0 Å². The lowest BCUT2D eigenvalue weighted by Gasteiger charge is -1.95. The van der Waals surface area contributed by atoms with Gasteiger partial charge in [0.25, 0.3) is 0 Å². The smallest absolute Gasteiger partial charge is 0.123 e. The van der Waals surface area contributed by atoms with Crippen molar-refractivity contribution in [3.63, 3.8) is 0 Å². The molecule has 80 valence electrons. The van der Waals surface area contributed by atoms with Gasteiger partial charge in [-0.05, 0) is 31.2 Å². The van der Waals surface area contributed by atoms with Crippen molar-refractivity contribution in [1.29, 1.82) is 0 Å². The molecule has 0 heterocycles. The number of rotatable bonds is 1. The Kier molecular flexibility index (Phi) is 12.5. The average Bonchev–Trinajstić information content (AvgIpc) is 2.23. The monoisotopic (exact) mass is 199 g/mol. The maximum absolute atomic E-state index is 12.2. The molecule has 1 N–H and O–H groups in total. The van der Waals surface area contributed by atoms with Crippen LogP contribution in [-0.2, 0) is 4.79 Å². The Hall–Kier alpha value is -1.38. The van der Waals surface area contributed by atoms with Crippen molar-refractivity contribution in [2.75, 3.05) is 12.4 Å². The third kappa shape index (κ3) is 8.71. The van der Waals surface area contributed by atoms with Crippen LogP contribution >= 0.6 is 0 Å². The van der Waals surface area contributed by atoms with Gasteiger partial charge in [0.2, 0.25) is 0 Å². The third-order valence-corrected chi connectivity index (χ3v) is 1.13. The van der Waals surface area contributed by atoms with Gasteiger partial charge in [0, 0.05) is 12.7 Å². The standard InChI is InChI=1S/C7H8FN.C2H4O.C2H6/c1-9-7-4-2-6(8)3-5-7;1-2-3;1-2/h2-5,9H,1H3;2H,1H3;1-2H3. The molecule has 0 radical (unpaired) electrons. The van der Waals surface area contributed by atoms with Crippen LogP contribution in [0, 0.1) is 5.82 Å². The number of anilines is 1. The van der Waals surface area contributed by atoms with Crippen LogP contribution in [0.2, 0.25) is 0 Å². The molecule has 1 rings (SSSR count). The molecule has 0 saturated carbocycles. The molecule has 0 unspecified atom stereocenters. The Bertz CT molecular complexity index is 221. The summed E-state index contributed by atoms with van der Waals surface area (Å²) in [5.41, 5.74) is 0.927. The Morgan fingerprint density at radius 1 is 1.21 bits per heavy atom. The molecule has 0 aliphatic heterocycles. The van der Waals surface area contributed by atoms with Gasteiger partial charge in [-0.25, -0.2) is 4.39 Å². The van der Waals surface area contributed by atoms with Crippen LogP contribution in [0.25, 0.3) is 0 Å². The van der Waals surface area contributed by atoms with E-state index in [9.17, 15) is 4.39 Å². The Morgan fingerprint density at radius 3 is 1.86 bits per heavy atom. The van der Waals surface area contributed by atoms with Crippen LogP contribution in [0.1, 0.15) is 20.8 Å². The van der Waals surface area contributed by atoms with E-state index in [1.54, 1.807) is 19.2 Å². The molecule has 2 nitrogen and oxygen atoms in total. The lowest BCUT2D eigenvalue weighted by Crippen LogP contribution is -1.86. The van der Waals surface area contributed by atoms with E-state index in [2.05, 4.69) is 5.32 Å². The third-order valence-electron chi connectivity index (χ3n) is 1.13. The van der Waals surface area contributed by atoms with Gasteiger partial charge in [-0.3, -0.25) is 0 Å². The Morgan fingerprint density at radius 2 is 1.57 bits per heavy atom. The van der Waals surface area contributed by atoms with E-state index in [0.717, 1.165) is 12.0 Å². The quantitative estimate of drug-likeness (QED) is 0.704. The maximum Gasteiger partial charge on any atom is 0.123 e. The molecular weight excluding hydrogens is 181 g/mol. The minimum absolute atomic E-state index is 0.200. The average molecular weight is 199 g/mol. The number of halogens is 1. The van der Waals surface area contributed by atoms with Crippen LogP contribution in [0.3, 0.4) is 0 Å². The normalized spacial score (nSPS) is 7.21. The zero-order valence-electron chi connectivity index (χ0n) is 9.17. The molecule has 1 aromatic carbocycles. The Balaban J connectivity index is 0. The van der Waals surface area contributed by atoms with Crippen LogP contribution in [0.4, 0.5) is 10.1 Å². The predicted octanol–water partition coefficient (Wildman–Crippen LogP) is 3.10. The first-order chi connectivity index (χ1) is 6.74. The van der Waals surface area contributed by atoms with Gasteiger partial charge in [0.1, 0.15) is 12.1 Å². The van der Waals surface area contributed by atoms with E-state index in [0.29, 0.717) is 0 Å². The van der Waals surface area contributed by atoms with E-state index in [1.807, 2.05) is 13.8 Å². The van der Waals surface area contributed by atoms with Gasteiger partial charge < -0.3 is 10.1 Å². The molecule has 0 fully saturated rings. The van der Waals surface area contributed by atoms with Crippen molar-refractivity contribution in [3.05, 3.63) is 30.1 Å². The molecule has 0 aliphatic rings. The van der Waals surface area contributed by atoms with Crippen molar-refractivity contribution < 1.29 is 9.18 Å². The van der Waals surface area contributed by atoms with Gasteiger partial charge in [-0.15, -0.1) is 0 Å². The van der Waals surface area contributed by atoms with Crippen molar-refractivity contribution in [1.82, 2.24) is 0 Å². The highest BCUT2D eigenvalue weighted by molar-refractivity contribution is 5.44. The zero-order chi connectivity index (χ0) is 11.4. The van der Waals surface area contributed by atoms with Crippen LogP contribution in [0.15, 0.2) is 24.3 Å². The number of carbonyl (C=O) groups is 1. The molecule has 0 aliphatic carbocycles. The van der Waals surface area contributed by atoms with E-state index < -0.39 is 0 Å². The lowest BCUT2D eigenvalue weighted by atomic mass is 10.3. The van der Waals surface area contributed by atoms with Crippen molar-refractivity contribution in [2.24, 2.45) is 0 Å². The minimum atomic E-state index is -0.200. The largest absolute Gasteiger partial charge is 0.388 e. The number of nitrogens with one attached hydrogen (secondary N) is 1. The van der Waals surface area contributed by atoms with E-state index in [1.165, 1.54) is 19.1 Å². The summed E-state index contributed by atoms with van der Waals surface area (Å²) >= 11 is 0. The molecule has 0 spiro atoms. The summed E-state index contributed by atoms with van der Waals surface area (Å²) in [6.07, 6.45) is 0.750. The molecule has 1 aromatic rings. The van der Waals surface area contributed by atoms with Crippen LogP contribution in [0.5, 0.6) is 0 Å². The summed E-state index contributed by atoms with van der Waals surface area (Å²) in [4.78, 5) is 8.81. The summed E-state index contributed by atoms with van der Waals surface area (Å²) in [6.45, 7) is 5.44. The molecule has 0 saturated heterocycles. The molecule has 0 aromatic heterocycles. The van der Waals surface area contributed by atoms with E-state index >= 15 is 0 Å². The molecular formula is C11H18FNO. The van der Waals surface area contributed by atoms with Gasteiger partial charge in [0.15, 0.2) is 0 Å². The first-order valence-electron chi connectivity index (χ1n) is 4.57. The summed E-state index contributed by atoms with van der Waals surface area (Å²) in [6, 6.07) is 6.22. The second kappa shape index (κ2) is 11.6. The number of hydrogen-bond acceptors (Lipinski definition) is 2. The minimum Gasteiger partial charge on any atom is -0.388 e. The number of benzene rings is 1. The van der Waals surface area contributed by atoms with E-state index in [4.69, 9.17) is 4.79 Å². The van der Waals surface area contributed by atoms with Crippen molar-refractivity contribution in [2.45, 2.75) is 20.8 Å². The molecule has 3 heteroatoms. The van der Waals surface area contributed by atoms with Crippen LogP contribution < -0.4 is 5.32 Å². The fourth-order valence-electron chi connectivity index (χ4n) is 0.617. The SMILES string of the molecule is CC.CC=O.CNc1ccc(F)cc1. The lowest BCUT2D eigenvalue weighted by molar-refractivity contribution is -0.106. The van der Waals surface area contributed by atoms with Gasteiger partial charge in [-0.2, -0.15) is 0 Å². The summed E-state index contributed by atoms with van der Waals surface area (Å²) < 4.78 is 12.2. The predicted molar refractivity (Wildman–Crippen MR) is 59.0 cm³/mol. The first kappa shape index (κ1) is 15.1. The summed E-state index contributed by atoms with van der Waals surface area (Å²) in [7, 11) is 1.80.